The average Bonchev–Trinajstić information content (AvgIpc) is 2.95. The van der Waals surface area contributed by atoms with Gasteiger partial charge in [0.2, 0.25) is 0 Å². The fourth-order valence-electron chi connectivity index (χ4n) is 1.59. The monoisotopic (exact) mass is 342 g/mol. The van der Waals surface area contributed by atoms with Crippen molar-refractivity contribution in [2.75, 3.05) is 0 Å². The first-order valence-corrected chi connectivity index (χ1v) is 8.81. The molecule has 1 atom stereocenters. The summed E-state index contributed by atoms with van der Waals surface area (Å²) in [6, 6.07) is 0. The Labute approximate surface area is 156 Å². The van der Waals surface area contributed by atoms with E-state index in [1.54, 1.807) is 24.3 Å². The van der Waals surface area contributed by atoms with E-state index in [2.05, 4.69) is 44.6 Å². The van der Waals surface area contributed by atoms with Crippen molar-refractivity contribution in [3.05, 3.63) is 97.6 Å². The zero-order valence-electron chi connectivity index (χ0n) is 17.1. The third-order valence-corrected chi connectivity index (χ3v) is 2.68. The number of allylic oxidation sites excluding steroid dienone is 9. The van der Waals surface area contributed by atoms with E-state index in [0.29, 0.717) is 5.92 Å². The Morgan fingerprint density at radius 1 is 0.960 bits per heavy atom. The molecule has 0 saturated carbocycles. The van der Waals surface area contributed by atoms with Gasteiger partial charge in [-0.15, -0.1) is 0 Å². The molecular weight excluding hydrogens is 304 g/mol. The molecule has 25 heavy (non-hydrogen) atoms. The molecule has 2 nitrogen and oxygen atoms in total. The maximum Gasteiger partial charge on any atom is 0.0580 e. The Balaban J connectivity index is -0.000000372. The van der Waals surface area contributed by atoms with E-state index in [1.807, 2.05) is 52.8 Å². The van der Waals surface area contributed by atoms with E-state index in [0.717, 1.165) is 22.7 Å². The smallest absolute Gasteiger partial charge is 0.0580 e. The molecule has 0 bridgehead atoms. The SMILES string of the molecule is C=C/C=C(/C)C=C.C=C/C=C(\C=C)NC1=CC(C)C=C1N.CC.CC. The number of nitrogens with two attached hydrogens (primary N) is 1. The van der Waals surface area contributed by atoms with Gasteiger partial charge in [-0.1, -0.05) is 103 Å². The molecule has 1 unspecified atom stereocenters. The van der Waals surface area contributed by atoms with Crippen LogP contribution < -0.4 is 11.1 Å². The molecule has 0 aromatic carbocycles. The normalized spacial score (nSPS) is 15.4. The Bertz CT molecular complexity index is 514. The van der Waals surface area contributed by atoms with Crippen molar-refractivity contribution < 1.29 is 0 Å². The first-order valence-electron chi connectivity index (χ1n) is 8.81. The zero-order chi connectivity index (χ0) is 20.3. The summed E-state index contributed by atoms with van der Waals surface area (Å²) in [7, 11) is 0. The lowest BCUT2D eigenvalue weighted by molar-refractivity contribution is 0.940. The van der Waals surface area contributed by atoms with Crippen LogP contribution in [0.2, 0.25) is 0 Å². The molecule has 0 saturated heterocycles. The molecular formula is C23H38N2. The molecule has 0 amide bonds. The molecule has 1 aliphatic rings. The highest BCUT2D eigenvalue weighted by Crippen LogP contribution is 2.18. The van der Waals surface area contributed by atoms with Crippen molar-refractivity contribution >= 4 is 0 Å². The lowest BCUT2D eigenvalue weighted by Gasteiger charge is -2.08. The van der Waals surface area contributed by atoms with Crippen LogP contribution in [0.1, 0.15) is 41.5 Å². The maximum absolute atomic E-state index is 5.81. The minimum Gasteiger partial charge on any atom is -0.397 e. The van der Waals surface area contributed by atoms with Gasteiger partial charge in [0.05, 0.1) is 11.4 Å². The van der Waals surface area contributed by atoms with E-state index in [9.17, 15) is 0 Å². The Morgan fingerprint density at radius 3 is 1.76 bits per heavy atom. The van der Waals surface area contributed by atoms with Gasteiger partial charge in [0.1, 0.15) is 0 Å². The van der Waals surface area contributed by atoms with Crippen LogP contribution in [-0.4, -0.2) is 0 Å². The molecule has 1 aliphatic carbocycles. The molecule has 0 radical (unpaired) electrons. The third-order valence-electron chi connectivity index (χ3n) is 2.68. The van der Waals surface area contributed by atoms with Crippen molar-refractivity contribution in [1.82, 2.24) is 5.32 Å². The number of hydrogen-bond donors (Lipinski definition) is 2. The summed E-state index contributed by atoms with van der Waals surface area (Å²) >= 11 is 0. The molecule has 0 spiro atoms. The highest BCUT2D eigenvalue weighted by atomic mass is 14.9. The summed E-state index contributed by atoms with van der Waals surface area (Å²) in [5, 5.41) is 3.19. The standard InChI is InChI=1S/C12H16N2.C7H10.2C2H6/c1-4-6-10(5-2)14-12-8-9(3)7-11(12)13;1-4-6-7(3)5-2;2*1-2/h4-9,14H,1-2,13H2,3H3;4-6H,1-2H2,3H3;2*1-2H3/b10-6+;7-6-;;. The molecule has 0 fully saturated rings. The van der Waals surface area contributed by atoms with Crippen LogP contribution in [0.4, 0.5) is 0 Å². The van der Waals surface area contributed by atoms with E-state index in [4.69, 9.17) is 5.73 Å². The number of nitrogens with one attached hydrogen (secondary N) is 1. The fraction of sp³-hybridized carbons (Fsp3) is 0.304. The quantitative estimate of drug-likeness (QED) is 0.536. The maximum atomic E-state index is 5.81. The summed E-state index contributed by atoms with van der Waals surface area (Å²) in [6.07, 6.45) is 14.8. The number of hydrogen-bond acceptors (Lipinski definition) is 2. The second-order valence-corrected chi connectivity index (χ2v) is 4.60. The lowest BCUT2D eigenvalue weighted by Crippen LogP contribution is -2.15. The molecule has 1 rings (SSSR count). The Kier molecular flexibility index (Phi) is 21.4. The van der Waals surface area contributed by atoms with Gasteiger partial charge in [-0.3, -0.25) is 0 Å². The molecule has 0 aliphatic heterocycles. The molecule has 3 N–H and O–H groups in total. The average molecular weight is 343 g/mol. The lowest BCUT2D eigenvalue weighted by atomic mass is 10.2. The Morgan fingerprint density at radius 2 is 1.48 bits per heavy atom. The van der Waals surface area contributed by atoms with Crippen molar-refractivity contribution in [2.45, 2.75) is 41.5 Å². The van der Waals surface area contributed by atoms with Gasteiger partial charge in [-0.25, -0.2) is 0 Å². The first kappa shape index (κ1) is 27.4. The van der Waals surface area contributed by atoms with E-state index in [1.165, 1.54) is 0 Å². The summed E-state index contributed by atoms with van der Waals surface area (Å²) in [6.45, 7) is 26.5. The fourth-order valence-corrected chi connectivity index (χ4v) is 1.59. The van der Waals surface area contributed by atoms with E-state index < -0.39 is 0 Å². The molecule has 2 heteroatoms. The van der Waals surface area contributed by atoms with Crippen LogP contribution in [0.25, 0.3) is 0 Å². The van der Waals surface area contributed by atoms with Gasteiger partial charge >= 0.3 is 0 Å². The second kappa shape index (κ2) is 19.6. The molecule has 0 aromatic heterocycles. The minimum atomic E-state index is 0.396. The van der Waals surface area contributed by atoms with Gasteiger partial charge in [0.15, 0.2) is 0 Å². The highest BCUT2D eigenvalue weighted by molar-refractivity contribution is 5.39. The van der Waals surface area contributed by atoms with E-state index >= 15 is 0 Å². The second-order valence-electron chi connectivity index (χ2n) is 4.60. The van der Waals surface area contributed by atoms with Crippen LogP contribution >= 0.6 is 0 Å². The Hall–Kier alpha value is -2.48. The van der Waals surface area contributed by atoms with Crippen LogP contribution in [0, 0.1) is 5.92 Å². The van der Waals surface area contributed by atoms with Crippen LogP contribution in [0.3, 0.4) is 0 Å². The van der Waals surface area contributed by atoms with Crippen LogP contribution in [0.15, 0.2) is 97.6 Å². The molecule has 0 aromatic rings. The van der Waals surface area contributed by atoms with Crippen molar-refractivity contribution in [3.8, 4) is 0 Å². The summed E-state index contributed by atoms with van der Waals surface area (Å²) in [4.78, 5) is 0. The summed E-state index contributed by atoms with van der Waals surface area (Å²) < 4.78 is 0. The van der Waals surface area contributed by atoms with Gasteiger partial charge in [0.25, 0.3) is 0 Å². The third kappa shape index (κ3) is 14.8. The first-order chi connectivity index (χ1) is 12.0. The van der Waals surface area contributed by atoms with E-state index in [-0.39, 0.29) is 0 Å². The topological polar surface area (TPSA) is 38.0 Å². The molecule has 0 heterocycles. The van der Waals surface area contributed by atoms with Gasteiger partial charge in [0, 0.05) is 5.70 Å². The predicted molar refractivity (Wildman–Crippen MR) is 118 cm³/mol. The van der Waals surface area contributed by atoms with Gasteiger partial charge < -0.3 is 11.1 Å². The van der Waals surface area contributed by atoms with Crippen molar-refractivity contribution in [1.29, 1.82) is 0 Å². The highest BCUT2D eigenvalue weighted by Gasteiger charge is 2.11. The van der Waals surface area contributed by atoms with Crippen LogP contribution in [0.5, 0.6) is 0 Å². The van der Waals surface area contributed by atoms with Crippen molar-refractivity contribution in [3.63, 3.8) is 0 Å². The molecule has 140 valence electrons. The van der Waals surface area contributed by atoms with Crippen molar-refractivity contribution in [2.24, 2.45) is 11.7 Å². The summed E-state index contributed by atoms with van der Waals surface area (Å²) in [5.74, 6) is 0.396. The summed E-state index contributed by atoms with van der Waals surface area (Å²) in [5.41, 5.74) is 9.60. The number of rotatable bonds is 6. The predicted octanol–water partition coefficient (Wildman–Crippen LogP) is 6.57. The van der Waals surface area contributed by atoms with Crippen LogP contribution in [-0.2, 0) is 0 Å². The minimum absolute atomic E-state index is 0.396. The van der Waals surface area contributed by atoms with Gasteiger partial charge in [-0.2, -0.15) is 0 Å². The zero-order valence-corrected chi connectivity index (χ0v) is 17.1. The van der Waals surface area contributed by atoms with Gasteiger partial charge in [-0.05, 0) is 25.0 Å². The largest absolute Gasteiger partial charge is 0.397 e.